The second-order valence-corrected chi connectivity index (χ2v) is 11.0. The predicted octanol–water partition coefficient (Wildman–Crippen LogP) is 5.32. The molecule has 0 unspecified atom stereocenters. The van der Waals surface area contributed by atoms with E-state index in [1.54, 1.807) is 36.0 Å². The Bertz CT molecular complexity index is 1330. The van der Waals surface area contributed by atoms with Gasteiger partial charge in [-0.1, -0.05) is 29.3 Å². The van der Waals surface area contributed by atoms with Gasteiger partial charge in [0.1, 0.15) is 18.5 Å². The van der Waals surface area contributed by atoms with Gasteiger partial charge < -0.3 is 28.6 Å². The molecular formula is C27H27Cl2N5O3S. The van der Waals surface area contributed by atoms with Crippen molar-refractivity contribution in [2.45, 2.75) is 18.4 Å². The smallest absolute Gasteiger partial charge is 0.215 e. The van der Waals surface area contributed by atoms with Gasteiger partial charge in [0, 0.05) is 66.4 Å². The van der Waals surface area contributed by atoms with Gasteiger partial charge in [0.25, 0.3) is 0 Å². The summed E-state index contributed by atoms with van der Waals surface area (Å²) in [6, 6.07) is 13.6. The van der Waals surface area contributed by atoms with Crippen LogP contribution in [0.3, 0.4) is 0 Å². The number of hydrogen-bond acceptors (Lipinski definition) is 8. The summed E-state index contributed by atoms with van der Waals surface area (Å²) in [4.78, 5) is 13.3. The first kappa shape index (κ1) is 25.5. The lowest BCUT2D eigenvalue weighted by atomic mass is 10.1. The largest absolute Gasteiger partial charge is 0.491 e. The highest BCUT2D eigenvalue weighted by molar-refractivity contribution is 7.13. The average molecular weight is 573 g/mol. The molecule has 2 saturated heterocycles. The van der Waals surface area contributed by atoms with Gasteiger partial charge in [-0.3, -0.25) is 0 Å². The summed E-state index contributed by atoms with van der Waals surface area (Å²) < 4.78 is 20.7. The summed E-state index contributed by atoms with van der Waals surface area (Å²) in [6.07, 6.45) is 6.90. The van der Waals surface area contributed by atoms with Crippen molar-refractivity contribution < 1.29 is 14.2 Å². The molecule has 38 heavy (non-hydrogen) atoms. The van der Waals surface area contributed by atoms with E-state index in [4.69, 9.17) is 37.4 Å². The number of nitrogens with zero attached hydrogens (tertiary/aromatic N) is 5. The normalized spacial score (nSPS) is 21.7. The van der Waals surface area contributed by atoms with Crippen LogP contribution in [0.15, 0.2) is 72.8 Å². The fraction of sp³-hybridized carbons (Fsp3) is 0.333. The van der Waals surface area contributed by atoms with Gasteiger partial charge in [-0.05, 0) is 36.4 Å². The minimum Gasteiger partial charge on any atom is -0.491 e. The maximum absolute atomic E-state index is 6.56. The zero-order valence-corrected chi connectivity index (χ0v) is 22.9. The van der Waals surface area contributed by atoms with Crippen molar-refractivity contribution in [3.05, 3.63) is 88.4 Å². The molecule has 0 aliphatic carbocycles. The molecule has 11 heteroatoms. The quantitative estimate of drug-likeness (QED) is 0.283. The third-order valence-corrected chi connectivity index (χ3v) is 8.14. The van der Waals surface area contributed by atoms with Gasteiger partial charge in [-0.25, -0.2) is 9.97 Å². The maximum atomic E-state index is 6.56. The Hall–Kier alpha value is -2.82. The highest BCUT2D eigenvalue weighted by Crippen LogP contribution is 2.40. The van der Waals surface area contributed by atoms with Gasteiger partial charge in [0.2, 0.25) is 5.79 Å². The lowest BCUT2D eigenvalue weighted by Gasteiger charge is -2.36. The van der Waals surface area contributed by atoms with Gasteiger partial charge in [0.05, 0.1) is 24.5 Å². The van der Waals surface area contributed by atoms with Crippen LogP contribution in [0.5, 0.6) is 5.75 Å². The van der Waals surface area contributed by atoms with Gasteiger partial charge in [-0.15, -0.1) is 11.3 Å². The molecule has 0 bridgehead atoms. The Labute approximate surface area is 235 Å². The van der Waals surface area contributed by atoms with Crippen molar-refractivity contribution in [3.63, 3.8) is 0 Å². The maximum Gasteiger partial charge on any atom is 0.215 e. The number of anilines is 2. The van der Waals surface area contributed by atoms with Crippen molar-refractivity contribution in [1.29, 1.82) is 0 Å². The summed E-state index contributed by atoms with van der Waals surface area (Å²) in [6.45, 7) is 4.96. The Morgan fingerprint density at radius 3 is 2.55 bits per heavy atom. The van der Waals surface area contributed by atoms with E-state index in [0.29, 0.717) is 29.8 Å². The fourth-order valence-electron chi connectivity index (χ4n) is 4.85. The molecule has 0 amide bonds. The first-order chi connectivity index (χ1) is 18.6. The summed E-state index contributed by atoms with van der Waals surface area (Å²) in [5, 5.41) is 4.16. The topological polar surface area (TPSA) is 64.9 Å². The molecule has 0 spiro atoms. The van der Waals surface area contributed by atoms with Crippen LogP contribution in [0.4, 0.5) is 10.8 Å². The molecule has 2 aromatic carbocycles. The first-order valence-corrected chi connectivity index (χ1v) is 14.1. The third-order valence-electron chi connectivity index (χ3n) is 6.76. The average Bonchev–Trinajstić information content (AvgIpc) is 3.72. The summed E-state index contributed by atoms with van der Waals surface area (Å²) in [5.74, 6) is -0.281. The van der Waals surface area contributed by atoms with Crippen molar-refractivity contribution in [2.24, 2.45) is 0 Å². The predicted molar refractivity (Wildman–Crippen MR) is 150 cm³/mol. The number of aromatic nitrogens is 3. The number of hydrogen-bond donors (Lipinski definition) is 0. The van der Waals surface area contributed by atoms with Crippen LogP contribution in [0, 0.1) is 0 Å². The first-order valence-electron chi connectivity index (χ1n) is 12.4. The van der Waals surface area contributed by atoms with Crippen LogP contribution in [0.2, 0.25) is 10.0 Å². The Morgan fingerprint density at radius 1 is 1.03 bits per heavy atom. The molecular weight excluding hydrogens is 545 g/mol. The van der Waals surface area contributed by atoms with Gasteiger partial charge in [-0.2, -0.15) is 0 Å². The molecule has 0 N–H and O–H groups in total. The fourth-order valence-corrected chi connectivity index (χ4v) is 6.09. The minimum absolute atomic E-state index is 0.274. The highest BCUT2D eigenvalue weighted by Gasteiger charge is 2.45. The van der Waals surface area contributed by atoms with E-state index in [2.05, 4.69) is 31.9 Å². The Kier molecular flexibility index (Phi) is 7.45. The second kappa shape index (κ2) is 11.1. The number of imidazole rings is 1. The lowest BCUT2D eigenvalue weighted by molar-refractivity contribution is -0.189. The SMILES string of the molecule is Clc1ccc([C@]2(Cn3ccnc3)OC[C@@H](COc3ccc(N4CCN(c5nccs5)CC4)cc3)O2)c(Cl)c1. The van der Waals surface area contributed by atoms with E-state index in [-0.39, 0.29) is 6.10 Å². The zero-order valence-electron chi connectivity index (χ0n) is 20.6. The lowest BCUT2D eigenvalue weighted by Crippen LogP contribution is -2.46. The Balaban J connectivity index is 1.07. The van der Waals surface area contributed by atoms with Crippen molar-refractivity contribution in [2.75, 3.05) is 49.2 Å². The number of ether oxygens (including phenoxy) is 3. The van der Waals surface area contributed by atoms with Crippen LogP contribution in [0.25, 0.3) is 0 Å². The molecule has 0 saturated carbocycles. The number of piperazine rings is 1. The zero-order chi connectivity index (χ0) is 26.0. The van der Waals surface area contributed by atoms with Crippen molar-refractivity contribution >= 4 is 45.4 Å². The molecule has 2 aromatic heterocycles. The van der Waals surface area contributed by atoms with Crippen LogP contribution in [-0.2, 0) is 21.8 Å². The molecule has 0 radical (unpaired) electrons. The Morgan fingerprint density at radius 2 is 1.84 bits per heavy atom. The minimum atomic E-state index is -1.07. The van der Waals surface area contributed by atoms with Crippen LogP contribution < -0.4 is 14.5 Å². The van der Waals surface area contributed by atoms with Crippen LogP contribution in [0.1, 0.15) is 5.56 Å². The third kappa shape index (κ3) is 5.48. The van der Waals surface area contributed by atoms with E-state index in [0.717, 1.165) is 42.6 Å². The second-order valence-electron chi connectivity index (χ2n) is 9.26. The summed E-state index contributed by atoms with van der Waals surface area (Å²) in [5.41, 5.74) is 1.91. The molecule has 8 nitrogen and oxygen atoms in total. The standard InChI is InChI=1S/C27H27Cl2N5O3S/c28-20-1-6-24(25(29)15-20)27(18-32-9-7-30-19-32)36-17-23(37-27)16-35-22-4-2-21(3-5-22)33-10-12-34(13-11-33)26-31-8-14-38-26/h1-9,14-15,19,23H,10-13,16-18H2/t23-,27-/m1/s1. The molecule has 2 fully saturated rings. The number of thiazole rings is 1. The van der Waals surface area contributed by atoms with Gasteiger partial charge >= 0.3 is 0 Å². The highest BCUT2D eigenvalue weighted by atomic mass is 35.5. The molecule has 198 valence electrons. The van der Waals surface area contributed by atoms with Gasteiger partial charge in [0.15, 0.2) is 5.13 Å². The number of rotatable bonds is 8. The molecule has 6 rings (SSSR count). The van der Waals surface area contributed by atoms with Crippen molar-refractivity contribution in [3.8, 4) is 5.75 Å². The van der Waals surface area contributed by atoms with E-state index >= 15 is 0 Å². The molecule has 4 heterocycles. The van der Waals surface area contributed by atoms with Crippen LogP contribution in [-0.4, -0.2) is 60.0 Å². The van der Waals surface area contributed by atoms with E-state index in [1.165, 1.54) is 5.69 Å². The van der Waals surface area contributed by atoms with Crippen LogP contribution >= 0.6 is 34.5 Å². The monoisotopic (exact) mass is 571 g/mol. The van der Waals surface area contributed by atoms with Crippen molar-refractivity contribution in [1.82, 2.24) is 14.5 Å². The summed E-state index contributed by atoms with van der Waals surface area (Å²) >= 11 is 14.4. The van der Waals surface area contributed by atoms with E-state index in [1.807, 2.05) is 40.5 Å². The molecule has 2 atom stereocenters. The summed E-state index contributed by atoms with van der Waals surface area (Å²) in [7, 11) is 0. The van der Waals surface area contributed by atoms with E-state index < -0.39 is 5.79 Å². The number of halogens is 2. The molecule has 4 aromatic rings. The molecule has 2 aliphatic rings. The van der Waals surface area contributed by atoms with E-state index in [9.17, 15) is 0 Å². The molecule has 2 aliphatic heterocycles. The number of benzene rings is 2.